The lowest BCUT2D eigenvalue weighted by atomic mass is 10.1. The minimum absolute atomic E-state index is 0.0400. The minimum atomic E-state index is -0.267. The number of aromatic nitrogens is 1. The van der Waals surface area contributed by atoms with E-state index in [2.05, 4.69) is 58.5 Å². The molecular weight excluding hydrogens is 396 g/mol. The molecule has 1 aromatic carbocycles. The van der Waals surface area contributed by atoms with Crippen molar-refractivity contribution in [3.63, 3.8) is 0 Å². The highest BCUT2D eigenvalue weighted by Gasteiger charge is 2.36. The number of hydrogen-bond acceptors (Lipinski definition) is 7. The molecule has 2 atom stereocenters. The van der Waals surface area contributed by atoms with Crippen LogP contribution in [0.1, 0.15) is 18.2 Å². The van der Waals surface area contributed by atoms with Crippen molar-refractivity contribution in [3.8, 4) is 16.6 Å². The maximum absolute atomic E-state index is 12.6. The number of amides is 1. The van der Waals surface area contributed by atoms with Crippen molar-refractivity contribution in [1.82, 2.24) is 15.6 Å². The van der Waals surface area contributed by atoms with Gasteiger partial charge in [-0.3, -0.25) is 4.79 Å². The molecule has 0 bridgehead atoms. The topological polar surface area (TPSA) is 84.3 Å². The minimum Gasteiger partial charge on any atom is -0.369 e. The number of nitrogens with zero attached hydrogens (tertiary/aromatic N) is 4. The zero-order valence-electron chi connectivity index (χ0n) is 17.5. The smallest absolute Gasteiger partial charge is 0.243 e. The first-order valence-corrected chi connectivity index (χ1v) is 11.3. The number of nitrogens with one attached hydrogen (secondary N) is 2. The van der Waals surface area contributed by atoms with Crippen molar-refractivity contribution in [2.75, 3.05) is 49.1 Å². The fourth-order valence-electron chi connectivity index (χ4n) is 4.29. The predicted molar refractivity (Wildman–Crippen MR) is 121 cm³/mol. The van der Waals surface area contributed by atoms with Crippen LogP contribution in [0.4, 0.5) is 11.5 Å². The summed E-state index contributed by atoms with van der Waals surface area (Å²) in [6.45, 7) is 9.17. The standard InChI is InChI=1S/C22H28N6OS/c1-15-13-19(21(29)25-8-7-23)28(14-15)20-16(2)30-22(26-20)17-3-5-18(6-4-17)27-11-9-24-10-12-27/h3-6,15,19,24H,8-14H2,1-2H3,(H,25,29)/t15-,19-/m0/s1. The Hall–Kier alpha value is -2.63. The number of aryl methyl sites for hydroxylation is 1. The Morgan fingerprint density at radius 2 is 2.07 bits per heavy atom. The third-order valence-corrected chi connectivity index (χ3v) is 6.80. The van der Waals surface area contributed by atoms with Gasteiger partial charge in [0.15, 0.2) is 0 Å². The van der Waals surface area contributed by atoms with Gasteiger partial charge in [0.1, 0.15) is 23.4 Å². The van der Waals surface area contributed by atoms with Gasteiger partial charge in [0.25, 0.3) is 0 Å². The average Bonchev–Trinajstić information content (AvgIpc) is 3.35. The van der Waals surface area contributed by atoms with Crippen LogP contribution < -0.4 is 20.4 Å². The number of piperazine rings is 1. The number of nitriles is 1. The summed E-state index contributed by atoms with van der Waals surface area (Å²) in [5.41, 5.74) is 2.35. The Balaban J connectivity index is 1.54. The van der Waals surface area contributed by atoms with Crippen LogP contribution >= 0.6 is 11.3 Å². The van der Waals surface area contributed by atoms with E-state index in [9.17, 15) is 4.79 Å². The fraction of sp³-hybridized carbons (Fsp3) is 0.500. The second-order valence-corrected chi connectivity index (χ2v) is 9.27. The number of rotatable bonds is 5. The van der Waals surface area contributed by atoms with E-state index >= 15 is 0 Å². The molecule has 0 unspecified atom stereocenters. The largest absolute Gasteiger partial charge is 0.369 e. The second-order valence-electron chi connectivity index (χ2n) is 8.07. The van der Waals surface area contributed by atoms with Crippen LogP contribution in [0.25, 0.3) is 10.6 Å². The molecule has 0 radical (unpaired) electrons. The lowest BCUT2D eigenvalue weighted by Crippen LogP contribution is -2.43. The monoisotopic (exact) mass is 424 g/mol. The van der Waals surface area contributed by atoms with E-state index in [-0.39, 0.29) is 18.5 Å². The molecule has 2 fully saturated rings. The quantitative estimate of drug-likeness (QED) is 0.717. The van der Waals surface area contributed by atoms with Gasteiger partial charge >= 0.3 is 0 Å². The first kappa shape index (κ1) is 20.6. The molecule has 0 spiro atoms. The summed E-state index contributed by atoms with van der Waals surface area (Å²) in [7, 11) is 0. The molecule has 1 amide bonds. The van der Waals surface area contributed by atoms with Crippen LogP contribution in [-0.2, 0) is 4.79 Å². The van der Waals surface area contributed by atoms with E-state index in [4.69, 9.17) is 10.2 Å². The molecular formula is C22H28N6OS. The predicted octanol–water partition coefficient (Wildman–Crippen LogP) is 2.38. The molecule has 2 N–H and O–H groups in total. The molecule has 3 heterocycles. The van der Waals surface area contributed by atoms with Gasteiger partial charge in [-0.05, 0) is 43.5 Å². The highest BCUT2D eigenvalue weighted by atomic mass is 32.1. The van der Waals surface area contributed by atoms with E-state index in [1.165, 1.54) is 5.69 Å². The van der Waals surface area contributed by atoms with Gasteiger partial charge in [0.05, 0.1) is 6.07 Å². The van der Waals surface area contributed by atoms with E-state index in [1.54, 1.807) is 11.3 Å². The van der Waals surface area contributed by atoms with Crippen molar-refractivity contribution in [3.05, 3.63) is 29.1 Å². The Bertz CT molecular complexity index is 928. The summed E-state index contributed by atoms with van der Waals surface area (Å²) in [6, 6.07) is 10.3. The van der Waals surface area contributed by atoms with Crippen LogP contribution in [0.3, 0.4) is 0 Å². The lowest BCUT2D eigenvalue weighted by Gasteiger charge is -2.29. The van der Waals surface area contributed by atoms with E-state index in [1.807, 2.05) is 6.07 Å². The van der Waals surface area contributed by atoms with Gasteiger partial charge in [-0.2, -0.15) is 5.26 Å². The molecule has 2 saturated heterocycles. The summed E-state index contributed by atoms with van der Waals surface area (Å²) < 4.78 is 0. The van der Waals surface area contributed by atoms with Gasteiger partial charge in [0.2, 0.25) is 5.91 Å². The molecule has 7 nitrogen and oxygen atoms in total. The Kier molecular flexibility index (Phi) is 6.21. The number of benzene rings is 1. The molecule has 0 aliphatic carbocycles. The van der Waals surface area contributed by atoms with Crippen molar-refractivity contribution in [2.45, 2.75) is 26.3 Å². The highest BCUT2D eigenvalue weighted by Crippen LogP contribution is 2.37. The molecule has 1 aromatic heterocycles. The summed E-state index contributed by atoms with van der Waals surface area (Å²) in [6.07, 6.45) is 0.781. The van der Waals surface area contributed by atoms with Crippen LogP contribution in [0.2, 0.25) is 0 Å². The van der Waals surface area contributed by atoms with Crippen molar-refractivity contribution in [1.29, 1.82) is 5.26 Å². The molecule has 2 aromatic rings. The van der Waals surface area contributed by atoms with Crippen LogP contribution in [-0.4, -0.2) is 56.2 Å². The third-order valence-electron chi connectivity index (χ3n) is 5.80. The maximum Gasteiger partial charge on any atom is 0.243 e. The van der Waals surface area contributed by atoms with Gasteiger partial charge in [-0.1, -0.05) is 6.92 Å². The van der Waals surface area contributed by atoms with Crippen LogP contribution in [0.5, 0.6) is 0 Å². The number of anilines is 2. The summed E-state index contributed by atoms with van der Waals surface area (Å²) in [4.78, 5) is 23.1. The molecule has 2 aliphatic rings. The fourth-order valence-corrected chi connectivity index (χ4v) is 5.22. The normalized spacial score (nSPS) is 21.5. The molecule has 30 heavy (non-hydrogen) atoms. The Labute approximate surface area is 181 Å². The molecule has 0 saturated carbocycles. The molecule has 2 aliphatic heterocycles. The lowest BCUT2D eigenvalue weighted by molar-refractivity contribution is -0.122. The average molecular weight is 425 g/mol. The summed E-state index contributed by atoms with van der Waals surface area (Å²) in [5, 5.41) is 15.8. The Morgan fingerprint density at radius 3 is 2.77 bits per heavy atom. The van der Waals surface area contributed by atoms with Gasteiger partial charge in [-0.25, -0.2) is 4.98 Å². The Morgan fingerprint density at radius 1 is 1.33 bits per heavy atom. The van der Waals surface area contributed by atoms with Gasteiger partial charge in [0, 0.05) is 48.9 Å². The van der Waals surface area contributed by atoms with E-state index in [0.717, 1.165) is 60.4 Å². The third kappa shape index (κ3) is 4.27. The maximum atomic E-state index is 12.6. The molecule has 8 heteroatoms. The van der Waals surface area contributed by atoms with E-state index in [0.29, 0.717) is 5.92 Å². The first-order valence-electron chi connectivity index (χ1n) is 10.5. The van der Waals surface area contributed by atoms with Crippen LogP contribution in [0, 0.1) is 24.2 Å². The highest BCUT2D eigenvalue weighted by molar-refractivity contribution is 7.15. The number of carbonyl (C=O) groups excluding carboxylic acids is 1. The van der Waals surface area contributed by atoms with Crippen molar-refractivity contribution >= 4 is 28.7 Å². The summed E-state index contributed by atoms with van der Waals surface area (Å²) >= 11 is 1.67. The first-order chi connectivity index (χ1) is 14.6. The van der Waals surface area contributed by atoms with Crippen LogP contribution in [0.15, 0.2) is 24.3 Å². The zero-order valence-corrected chi connectivity index (χ0v) is 18.3. The zero-order chi connectivity index (χ0) is 21.1. The number of hydrogen-bond donors (Lipinski definition) is 2. The number of thiazole rings is 1. The summed E-state index contributed by atoms with van der Waals surface area (Å²) in [5.74, 6) is 1.21. The molecule has 158 valence electrons. The SMILES string of the molecule is Cc1sc(-c2ccc(N3CCNCC3)cc2)nc1N1C[C@@H](C)C[C@H]1C(=O)NCC#N. The van der Waals surface area contributed by atoms with Crippen molar-refractivity contribution in [2.24, 2.45) is 5.92 Å². The number of carbonyl (C=O) groups is 1. The molecule has 4 rings (SSSR count). The van der Waals surface area contributed by atoms with Gasteiger partial charge < -0.3 is 20.4 Å². The van der Waals surface area contributed by atoms with Crippen molar-refractivity contribution < 1.29 is 4.79 Å². The van der Waals surface area contributed by atoms with E-state index < -0.39 is 0 Å². The van der Waals surface area contributed by atoms with Gasteiger partial charge in [-0.15, -0.1) is 11.3 Å². The second kappa shape index (κ2) is 9.02.